The van der Waals surface area contributed by atoms with Crippen molar-refractivity contribution in [3.63, 3.8) is 0 Å². The van der Waals surface area contributed by atoms with Crippen LogP contribution in [0.1, 0.15) is 28.2 Å². The normalized spacial score (nSPS) is 18.6. The highest BCUT2D eigenvalue weighted by molar-refractivity contribution is 6.05. The molecule has 1 unspecified atom stereocenters. The van der Waals surface area contributed by atoms with Crippen LogP contribution in [-0.4, -0.2) is 58.3 Å². The summed E-state index contributed by atoms with van der Waals surface area (Å²) in [5.41, 5.74) is 8.10. The number of rotatable bonds is 5. The maximum absolute atomic E-state index is 12.7. The number of amides is 2. The lowest BCUT2D eigenvalue weighted by Crippen LogP contribution is -2.28. The molecule has 4 rings (SSSR count). The Morgan fingerprint density at radius 3 is 2.97 bits per heavy atom. The summed E-state index contributed by atoms with van der Waals surface area (Å²) < 4.78 is 12.4. The summed E-state index contributed by atoms with van der Waals surface area (Å²) in [5.74, 6) is -0.756. The van der Waals surface area contributed by atoms with Crippen LogP contribution in [0.4, 0.5) is 5.69 Å². The van der Waals surface area contributed by atoms with Crippen LogP contribution in [0.2, 0.25) is 0 Å². The summed E-state index contributed by atoms with van der Waals surface area (Å²) in [4.78, 5) is 32.9. The Morgan fingerprint density at radius 1 is 1.38 bits per heavy atom. The second kappa shape index (κ2) is 7.84. The topological polar surface area (TPSA) is 134 Å². The van der Waals surface area contributed by atoms with E-state index in [1.165, 1.54) is 4.68 Å². The van der Waals surface area contributed by atoms with Gasteiger partial charge in [-0.15, -0.1) is 0 Å². The van der Waals surface area contributed by atoms with E-state index in [2.05, 4.69) is 20.4 Å². The van der Waals surface area contributed by atoms with Crippen LogP contribution in [0.3, 0.4) is 0 Å². The zero-order chi connectivity index (χ0) is 20.4. The van der Waals surface area contributed by atoms with Crippen LogP contribution in [0.15, 0.2) is 35.6 Å². The number of nitrogens with one attached hydrogen (secondary N) is 1. The number of aliphatic imine (C=N–C) groups is 1. The number of anilines is 1. The second-order valence-corrected chi connectivity index (χ2v) is 6.66. The molecule has 150 valence electrons. The Kier molecular flexibility index (Phi) is 5.09. The molecule has 0 bridgehead atoms. The SMILES string of the molecule is Cc1cc(C2=NC(C(=O)Nc3cn(C4=CCOCC4)nc3C(N)=O)CO2)ccn1. The van der Waals surface area contributed by atoms with E-state index in [0.29, 0.717) is 25.5 Å². The fourth-order valence-corrected chi connectivity index (χ4v) is 3.08. The van der Waals surface area contributed by atoms with Gasteiger partial charge in [0.15, 0.2) is 11.7 Å². The van der Waals surface area contributed by atoms with Crippen LogP contribution in [0.5, 0.6) is 0 Å². The number of aromatic nitrogens is 3. The van der Waals surface area contributed by atoms with Crippen molar-refractivity contribution in [2.24, 2.45) is 10.7 Å². The first-order valence-electron chi connectivity index (χ1n) is 9.12. The minimum atomic E-state index is -0.746. The number of carbonyl (C=O) groups excluding carboxylic acids is 2. The number of nitrogens with zero attached hydrogens (tertiary/aromatic N) is 4. The molecule has 0 aliphatic carbocycles. The Labute approximate surface area is 166 Å². The molecule has 2 aromatic heterocycles. The second-order valence-electron chi connectivity index (χ2n) is 6.66. The molecule has 2 amide bonds. The number of hydrogen-bond acceptors (Lipinski definition) is 7. The van der Waals surface area contributed by atoms with Gasteiger partial charge in [-0.3, -0.25) is 14.6 Å². The van der Waals surface area contributed by atoms with Gasteiger partial charge in [0.05, 0.1) is 25.1 Å². The van der Waals surface area contributed by atoms with E-state index >= 15 is 0 Å². The summed E-state index contributed by atoms with van der Waals surface area (Å²) in [6.45, 7) is 2.99. The van der Waals surface area contributed by atoms with Crippen molar-refractivity contribution in [2.45, 2.75) is 19.4 Å². The van der Waals surface area contributed by atoms with E-state index in [-0.39, 0.29) is 18.0 Å². The molecule has 1 atom stereocenters. The highest BCUT2D eigenvalue weighted by Gasteiger charge is 2.28. The number of nitrogens with two attached hydrogens (primary N) is 1. The van der Waals surface area contributed by atoms with Crippen LogP contribution in [0, 0.1) is 6.92 Å². The Hall–Kier alpha value is -3.53. The summed E-state index contributed by atoms with van der Waals surface area (Å²) in [5, 5.41) is 6.91. The van der Waals surface area contributed by atoms with Crippen molar-refractivity contribution >= 4 is 29.1 Å². The molecule has 4 heterocycles. The molecule has 0 saturated heterocycles. The third-order valence-corrected chi connectivity index (χ3v) is 4.54. The highest BCUT2D eigenvalue weighted by atomic mass is 16.5. The van der Waals surface area contributed by atoms with E-state index in [1.54, 1.807) is 18.5 Å². The number of primary amides is 1. The smallest absolute Gasteiger partial charge is 0.271 e. The number of pyridine rings is 1. The number of hydrogen-bond donors (Lipinski definition) is 2. The zero-order valence-electron chi connectivity index (χ0n) is 15.8. The van der Waals surface area contributed by atoms with Crippen molar-refractivity contribution < 1.29 is 19.1 Å². The minimum absolute atomic E-state index is 0.0152. The monoisotopic (exact) mass is 396 g/mol. The van der Waals surface area contributed by atoms with Crippen molar-refractivity contribution in [2.75, 3.05) is 25.1 Å². The molecule has 10 nitrogen and oxygen atoms in total. The fourth-order valence-electron chi connectivity index (χ4n) is 3.08. The molecule has 10 heteroatoms. The van der Waals surface area contributed by atoms with Crippen LogP contribution in [0.25, 0.3) is 5.70 Å². The van der Waals surface area contributed by atoms with Gasteiger partial charge in [0.2, 0.25) is 5.90 Å². The van der Waals surface area contributed by atoms with Gasteiger partial charge in [0.1, 0.15) is 6.61 Å². The number of carbonyl (C=O) groups is 2. The predicted octanol–water partition coefficient (Wildman–Crippen LogP) is 0.731. The van der Waals surface area contributed by atoms with Gasteiger partial charge < -0.3 is 20.5 Å². The highest BCUT2D eigenvalue weighted by Crippen LogP contribution is 2.21. The molecule has 0 spiro atoms. The van der Waals surface area contributed by atoms with Gasteiger partial charge in [-0.05, 0) is 25.1 Å². The van der Waals surface area contributed by atoms with Gasteiger partial charge in [-0.25, -0.2) is 9.67 Å². The molecule has 2 aliphatic heterocycles. The lowest BCUT2D eigenvalue weighted by Gasteiger charge is -2.12. The first kappa shape index (κ1) is 18.8. The third-order valence-electron chi connectivity index (χ3n) is 4.54. The van der Waals surface area contributed by atoms with Crippen LogP contribution >= 0.6 is 0 Å². The van der Waals surface area contributed by atoms with E-state index in [9.17, 15) is 9.59 Å². The van der Waals surface area contributed by atoms with E-state index in [4.69, 9.17) is 15.2 Å². The molecule has 0 aromatic carbocycles. The van der Waals surface area contributed by atoms with E-state index in [0.717, 1.165) is 17.0 Å². The van der Waals surface area contributed by atoms with E-state index < -0.39 is 17.9 Å². The lowest BCUT2D eigenvalue weighted by atomic mass is 10.2. The maximum atomic E-state index is 12.7. The first-order chi connectivity index (χ1) is 14.0. The van der Waals surface area contributed by atoms with Crippen molar-refractivity contribution in [3.05, 3.63) is 47.6 Å². The van der Waals surface area contributed by atoms with Crippen LogP contribution in [-0.2, 0) is 14.3 Å². The molecular weight excluding hydrogens is 376 g/mol. The number of ether oxygens (including phenoxy) is 2. The summed E-state index contributed by atoms with van der Waals surface area (Å²) in [6, 6.07) is 2.85. The third kappa shape index (κ3) is 4.02. The Bertz CT molecular complexity index is 1030. The van der Waals surface area contributed by atoms with Gasteiger partial charge >= 0.3 is 0 Å². The first-order valence-corrected chi connectivity index (χ1v) is 9.12. The molecule has 0 saturated carbocycles. The molecule has 0 fully saturated rings. The van der Waals surface area contributed by atoms with Crippen molar-refractivity contribution in [1.82, 2.24) is 14.8 Å². The largest absolute Gasteiger partial charge is 0.475 e. The van der Waals surface area contributed by atoms with Crippen molar-refractivity contribution in [3.8, 4) is 0 Å². The molecular formula is C19H20N6O4. The molecule has 0 radical (unpaired) electrons. The molecule has 3 N–H and O–H groups in total. The van der Waals surface area contributed by atoms with Gasteiger partial charge in [-0.2, -0.15) is 5.10 Å². The lowest BCUT2D eigenvalue weighted by molar-refractivity contribution is -0.117. The van der Waals surface area contributed by atoms with Gasteiger partial charge in [-0.1, -0.05) is 0 Å². The Balaban J connectivity index is 1.53. The number of aryl methyl sites for hydroxylation is 1. The summed E-state index contributed by atoms with van der Waals surface area (Å²) in [7, 11) is 0. The summed E-state index contributed by atoms with van der Waals surface area (Å²) in [6.07, 6.45) is 5.73. The molecule has 2 aliphatic rings. The average molecular weight is 396 g/mol. The predicted molar refractivity (Wildman–Crippen MR) is 104 cm³/mol. The maximum Gasteiger partial charge on any atom is 0.271 e. The quantitative estimate of drug-likeness (QED) is 0.765. The zero-order valence-corrected chi connectivity index (χ0v) is 15.8. The van der Waals surface area contributed by atoms with Crippen molar-refractivity contribution in [1.29, 1.82) is 0 Å². The minimum Gasteiger partial charge on any atom is -0.475 e. The standard InChI is InChI=1S/C19H20N6O4/c1-11-8-12(2-5-21-11)19-23-15(10-29-19)18(27)22-14-9-25(24-16(14)17(20)26)13-3-6-28-7-4-13/h2-3,5,8-9,15H,4,6-7,10H2,1H3,(H2,20,26)(H,22,27). The van der Waals surface area contributed by atoms with Gasteiger partial charge in [0.25, 0.3) is 11.8 Å². The van der Waals surface area contributed by atoms with Gasteiger partial charge in [0, 0.05) is 29.6 Å². The molecule has 29 heavy (non-hydrogen) atoms. The average Bonchev–Trinajstić information content (AvgIpc) is 3.36. The fraction of sp³-hybridized carbons (Fsp3) is 0.316. The Morgan fingerprint density at radius 2 is 2.24 bits per heavy atom. The van der Waals surface area contributed by atoms with E-state index in [1.807, 2.05) is 19.1 Å². The summed E-state index contributed by atoms with van der Waals surface area (Å²) >= 11 is 0. The van der Waals surface area contributed by atoms with Crippen LogP contribution < -0.4 is 11.1 Å². The molecule has 2 aromatic rings.